The predicted octanol–water partition coefficient (Wildman–Crippen LogP) is 0.965. The molecule has 0 amide bonds. The Kier molecular flexibility index (Phi) is 2.64. The first-order valence-corrected chi connectivity index (χ1v) is 4.88. The molecule has 6 heteroatoms. The van der Waals surface area contributed by atoms with Crippen LogP contribution >= 0.6 is 11.5 Å². The molecule has 5 nitrogen and oxygen atoms in total. The first-order valence-electron chi connectivity index (χ1n) is 4.11. The SMILES string of the molecule is CN(Cc1ccncc1)c1nnns1. The molecule has 0 aliphatic carbocycles. The number of hydrogen-bond donors (Lipinski definition) is 0. The van der Waals surface area contributed by atoms with Gasteiger partial charge < -0.3 is 4.90 Å². The van der Waals surface area contributed by atoms with Crippen LogP contribution in [-0.2, 0) is 6.54 Å². The summed E-state index contributed by atoms with van der Waals surface area (Å²) < 4.78 is 3.71. The van der Waals surface area contributed by atoms with Gasteiger partial charge in [-0.15, -0.1) is 0 Å². The monoisotopic (exact) mass is 207 g/mol. The van der Waals surface area contributed by atoms with Crippen molar-refractivity contribution in [2.45, 2.75) is 6.54 Å². The van der Waals surface area contributed by atoms with E-state index in [1.54, 1.807) is 12.4 Å². The van der Waals surface area contributed by atoms with Gasteiger partial charge in [0, 0.05) is 37.5 Å². The van der Waals surface area contributed by atoms with Crippen LogP contribution in [0.15, 0.2) is 24.5 Å². The molecule has 0 atom stereocenters. The fourth-order valence-corrected chi connectivity index (χ4v) is 1.53. The highest BCUT2D eigenvalue weighted by atomic mass is 32.1. The van der Waals surface area contributed by atoms with E-state index in [9.17, 15) is 0 Å². The molecule has 2 rings (SSSR count). The standard InChI is InChI=1S/C8H9N5S/c1-13(8-10-11-12-14-8)6-7-2-4-9-5-3-7/h2-5H,6H2,1H3. The Morgan fingerprint density at radius 3 is 2.79 bits per heavy atom. The topological polar surface area (TPSA) is 54.8 Å². The average molecular weight is 207 g/mol. The summed E-state index contributed by atoms with van der Waals surface area (Å²) in [7, 11) is 1.96. The van der Waals surface area contributed by atoms with E-state index in [0.29, 0.717) is 0 Å². The smallest absolute Gasteiger partial charge is 0.227 e. The first kappa shape index (κ1) is 9.01. The molecule has 0 unspecified atom stereocenters. The number of pyridine rings is 1. The lowest BCUT2D eigenvalue weighted by Crippen LogP contribution is -2.15. The number of anilines is 1. The third-order valence-electron chi connectivity index (χ3n) is 1.78. The number of nitrogens with zero attached hydrogens (tertiary/aromatic N) is 5. The number of aromatic nitrogens is 4. The third kappa shape index (κ3) is 2.02. The van der Waals surface area contributed by atoms with Gasteiger partial charge in [0.1, 0.15) is 0 Å². The summed E-state index contributed by atoms with van der Waals surface area (Å²) in [6.07, 6.45) is 3.56. The highest BCUT2D eigenvalue weighted by Gasteiger charge is 2.05. The Bertz CT molecular complexity index is 374. The van der Waals surface area contributed by atoms with Crippen molar-refractivity contribution in [3.8, 4) is 0 Å². The Morgan fingerprint density at radius 2 is 2.14 bits per heavy atom. The summed E-state index contributed by atoms with van der Waals surface area (Å²) in [5.74, 6) is 0. The minimum Gasteiger partial charge on any atom is -0.344 e. The van der Waals surface area contributed by atoms with Gasteiger partial charge in [-0.25, -0.2) is 0 Å². The molecule has 0 saturated carbocycles. The molecule has 0 N–H and O–H groups in total. The van der Waals surface area contributed by atoms with Crippen molar-refractivity contribution in [3.63, 3.8) is 0 Å². The Morgan fingerprint density at radius 1 is 1.36 bits per heavy atom. The van der Waals surface area contributed by atoms with Crippen LogP contribution in [0.1, 0.15) is 5.56 Å². The van der Waals surface area contributed by atoms with Gasteiger partial charge in [0.05, 0.1) is 0 Å². The molecular weight excluding hydrogens is 198 g/mol. The molecule has 0 bridgehead atoms. The van der Waals surface area contributed by atoms with Crippen LogP contribution in [-0.4, -0.2) is 26.8 Å². The summed E-state index contributed by atoms with van der Waals surface area (Å²) in [6, 6.07) is 3.95. The van der Waals surface area contributed by atoms with E-state index in [0.717, 1.165) is 11.7 Å². The second-order valence-corrected chi connectivity index (χ2v) is 3.57. The molecule has 0 saturated heterocycles. The van der Waals surface area contributed by atoms with Crippen LogP contribution in [0.2, 0.25) is 0 Å². The van der Waals surface area contributed by atoms with Crippen LogP contribution in [0.25, 0.3) is 0 Å². The quantitative estimate of drug-likeness (QED) is 0.750. The highest BCUT2D eigenvalue weighted by Crippen LogP contribution is 2.13. The van der Waals surface area contributed by atoms with E-state index in [-0.39, 0.29) is 0 Å². The van der Waals surface area contributed by atoms with Crippen molar-refractivity contribution in [2.24, 2.45) is 0 Å². The van der Waals surface area contributed by atoms with Crippen LogP contribution < -0.4 is 4.90 Å². The summed E-state index contributed by atoms with van der Waals surface area (Å²) in [5, 5.41) is 8.25. The second-order valence-electron chi connectivity index (χ2n) is 2.86. The molecule has 2 heterocycles. The van der Waals surface area contributed by atoms with Gasteiger partial charge in [-0.2, -0.15) is 0 Å². The van der Waals surface area contributed by atoms with Crippen LogP contribution in [0, 0.1) is 0 Å². The second kappa shape index (κ2) is 4.10. The summed E-state index contributed by atoms with van der Waals surface area (Å²) >= 11 is 1.29. The maximum Gasteiger partial charge on any atom is 0.227 e. The van der Waals surface area contributed by atoms with E-state index >= 15 is 0 Å². The van der Waals surface area contributed by atoms with Crippen molar-refractivity contribution in [2.75, 3.05) is 11.9 Å². The van der Waals surface area contributed by atoms with Crippen LogP contribution in [0.4, 0.5) is 5.13 Å². The Hall–Kier alpha value is -1.56. The predicted molar refractivity (Wildman–Crippen MR) is 54.0 cm³/mol. The average Bonchev–Trinajstić information content (AvgIpc) is 2.72. The maximum absolute atomic E-state index is 3.96. The zero-order valence-corrected chi connectivity index (χ0v) is 8.48. The Balaban J connectivity index is 2.06. The normalized spacial score (nSPS) is 10.1. The van der Waals surface area contributed by atoms with E-state index in [4.69, 9.17) is 0 Å². The van der Waals surface area contributed by atoms with Gasteiger partial charge in [-0.3, -0.25) is 4.98 Å². The molecule has 0 spiro atoms. The lowest BCUT2D eigenvalue weighted by Gasteiger charge is -2.13. The molecule has 0 fully saturated rings. The molecule has 72 valence electrons. The first-order chi connectivity index (χ1) is 6.86. The molecule has 14 heavy (non-hydrogen) atoms. The molecule has 0 aliphatic rings. The maximum atomic E-state index is 3.96. The minimum atomic E-state index is 0.791. The zero-order chi connectivity index (χ0) is 9.80. The van der Waals surface area contributed by atoms with E-state index in [2.05, 4.69) is 19.8 Å². The molecule has 2 aromatic rings. The van der Waals surface area contributed by atoms with Crippen molar-refractivity contribution >= 4 is 16.7 Å². The van der Waals surface area contributed by atoms with Crippen molar-refractivity contribution < 1.29 is 0 Å². The lowest BCUT2D eigenvalue weighted by atomic mass is 10.2. The highest BCUT2D eigenvalue weighted by molar-refractivity contribution is 7.09. The fraction of sp³-hybridized carbons (Fsp3) is 0.250. The van der Waals surface area contributed by atoms with Gasteiger partial charge in [-0.1, -0.05) is 9.59 Å². The van der Waals surface area contributed by atoms with Gasteiger partial charge in [-0.05, 0) is 22.9 Å². The van der Waals surface area contributed by atoms with Gasteiger partial charge >= 0.3 is 0 Å². The van der Waals surface area contributed by atoms with Gasteiger partial charge in [0.15, 0.2) is 0 Å². The lowest BCUT2D eigenvalue weighted by molar-refractivity contribution is 0.872. The molecule has 0 aromatic carbocycles. The van der Waals surface area contributed by atoms with Crippen LogP contribution in [0.3, 0.4) is 0 Å². The van der Waals surface area contributed by atoms with Gasteiger partial charge in [0.25, 0.3) is 0 Å². The number of rotatable bonds is 3. The number of hydrogen-bond acceptors (Lipinski definition) is 6. The Labute approximate surface area is 85.6 Å². The van der Waals surface area contributed by atoms with E-state index < -0.39 is 0 Å². The molecule has 0 aliphatic heterocycles. The van der Waals surface area contributed by atoms with Gasteiger partial charge in [0.2, 0.25) is 5.13 Å². The fourth-order valence-electron chi connectivity index (χ4n) is 1.11. The van der Waals surface area contributed by atoms with E-state index in [1.807, 2.05) is 24.1 Å². The van der Waals surface area contributed by atoms with Crippen molar-refractivity contribution in [1.29, 1.82) is 0 Å². The summed E-state index contributed by atoms with van der Waals surface area (Å²) in [5.41, 5.74) is 1.19. The summed E-state index contributed by atoms with van der Waals surface area (Å²) in [6.45, 7) is 0.791. The third-order valence-corrected chi connectivity index (χ3v) is 2.50. The zero-order valence-electron chi connectivity index (χ0n) is 7.66. The van der Waals surface area contributed by atoms with Crippen LogP contribution in [0.5, 0.6) is 0 Å². The molecule has 0 radical (unpaired) electrons. The molecular formula is C8H9N5S. The summed E-state index contributed by atoms with van der Waals surface area (Å²) in [4.78, 5) is 5.96. The van der Waals surface area contributed by atoms with Crippen molar-refractivity contribution in [1.82, 2.24) is 19.8 Å². The van der Waals surface area contributed by atoms with Crippen molar-refractivity contribution in [3.05, 3.63) is 30.1 Å². The molecule has 2 aromatic heterocycles. The largest absolute Gasteiger partial charge is 0.344 e. The van der Waals surface area contributed by atoms with E-state index in [1.165, 1.54) is 17.1 Å². The minimum absolute atomic E-state index is 0.791.